The predicted molar refractivity (Wildman–Crippen MR) is 83.1 cm³/mol. The minimum Gasteiger partial charge on any atom is -0.394 e. The van der Waals surface area contributed by atoms with Crippen LogP contribution in [0.3, 0.4) is 0 Å². The molecular weight excluding hydrogens is 280 g/mol. The fraction of sp³-hybridized carbons (Fsp3) is 0.375. The van der Waals surface area contributed by atoms with E-state index in [1.54, 1.807) is 0 Å². The van der Waals surface area contributed by atoms with Gasteiger partial charge >= 0.3 is 0 Å². The lowest BCUT2D eigenvalue weighted by Crippen LogP contribution is -2.32. The number of aromatic nitrogens is 1. The number of rotatable bonds is 4. The second kappa shape index (κ2) is 6.19. The molecule has 1 aromatic carbocycles. The van der Waals surface area contributed by atoms with Crippen LogP contribution in [-0.4, -0.2) is 29.1 Å². The molecule has 0 bridgehead atoms. The highest BCUT2D eigenvalue weighted by Gasteiger charge is 2.27. The van der Waals surface area contributed by atoms with Crippen molar-refractivity contribution < 1.29 is 9.32 Å². The molecule has 1 saturated heterocycles. The summed E-state index contributed by atoms with van der Waals surface area (Å²) in [5.41, 5.74) is 13.4. The fourth-order valence-corrected chi connectivity index (χ4v) is 2.99. The Balaban J connectivity index is 1.61. The number of hydrogen-bond acceptors (Lipinski definition) is 5. The topological polar surface area (TPSA) is 98.4 Å². The molecule has 0 saturated carbocycles. The summed E-state index contributed by atoms with van der Waals surface area (Å²) in [6.45, 7) is 2.89. The summed E-state index contributed by atoms with van der Waals surface area (Å²) in [7, 11) is 0. The second-order valence-corrected chi connectivity index (χ2v) is 5.71. The molecule has 0 atom stereocenters. The van der Waals surface area contributed by atoms with Crippen LogP contribution in [0.25, 0.3) is 0 Å². The molecule has 1 amide bonds. The number of benzene rings is 1. The zero-order valence-corrected chi connectivity index (χ0v) is 12.4. The molecule has 0 spiro atoms. The summed E-state index contributed by atoms with van der Waals surface area (Å²) in [4.78, 5) is 13.6. The van der Waals surface area contributed by atoms with E-state index in [9.17, 15) is 4.79 Å². The highest BCUT2D eigenvalue weighted by Crippen LogP contribution is 2.32. The summed E-state index contributed by atoms with van der Waals surface area (Å²) >= 11 is 0. The van der Waals surface area contributed by atoms with Gasteiger partial charge in [0.1, 0.15) is 11.4 Å². The van der Waals surface area contributed by atoms with Crippen LogP contribution < -0.4 is 11.5 Å². The second-order valence-electron chi connectivity index (χ2n) is 5.71. The summed E-state index contributed by atoms with van der Waals surface area (Å²) < 4.78 is 4.97. The van der Waals surface area contributed by atoms with Crippen LogP contribution >= 0.6 is 0 Å². The fourth-order valence-electron chi connectivity index (χ4n) is 2.99. The van der Waals surface area contributed by atoms with Crippen LogP contribution in [0.2, 0.25) is 0 Å². The maximum atomic E-state index is 11.2. The molecule has 6 nitrogen and oxygen atoms in total. The smallest absolute Gasteiger partial charge is 0.289 e. The number of anilines is 1. The average Bonchev–Trinajstić information content (AvgIpc) is 2.91. The third-order valence-corrected chi connectivity index (χ3v) is 4.20. The Kier molecular flexibility index (Phi) is 4.11. The molecular formula is C16H20N4O2. The van der Waals surface area contributed by atoms with E-state index in [4.69, 9.17) is 16.0 Å². The Morgan fingerprint density at radius 1 is 1.27 bits per heavy atom. The molecule has 2 heterocycles. The predicted octanol–water partition coefficient (Wildman–Crippen LogP) is 1.74. The minimum absolute atomic E-state index is 0.0262. The number of nitrogens with zero attached hydrogens (tertiary/aromatic N) is 2. The largest absolute Gasteiger partial charge is 0.394 e. The molecule has 22 heavy (non-hydrogen) atoms. The first-order valence-corrected chi connectivity index (χ1v) is 7.46. The van der Waals surface area contributed by atoms with Gasteiger partial charge in [0, 0.05) is 12.5 Å². The Hall–Kier alpha value is -2.34. The van der Waals surface area contributed by atoms with E-state index in [1.165, 1.54) is 5.56 Å². The van der Waals surface area contributed by atoms with E-state index in [0.717, 1.165) is 32.5 Å². The van der Waals surface area contributed by atoms with Gasteiger partial charge in [-0.25, -0.2) is 0 Å². The summed E-state index contributed by atoms with van der Waals surface area (Å²) in [5.74, 6) is -0.469. The molecule has 1 aromatic heterocycles. The Morgan fingerprint density at radius 2 is 1.95 bits per heavy atom. The first-order valence-electron chi connectivity index (χ1n) is 7.46. The average molecular weight is 300 g/mol. The SMILES string of the molecule is NC(=O)c1onc(C2CCN(Cc3ccccc3)CC2)c1N. The van der Waals surface area contributed by atoms with E-state index in [1.807, 2.05) is 6.07 Å². The van der Waals surface area contributed by atoms with Gasteiger partial charge in [0.2, 0.25) is 5.76 Å². The number of nitrogen functional groups attached to an aromatic ring is 1. The third-order valence-electron chi connectivity index (χ3n) is 4.20. The van der Waals surface area contributed by atoms with Crippen LogP contribution in [0.4, 0.5) is 5.69 Å². The first-order chi connectivity index (χ1) is 10.6. The van der Waals surface area contributed by atoms with Crippen LogP contribution in [0.15, 0.2) is 34.9 Å². The van der Waals surface area contributed by atoms with Crippen LogP contribution in [0.1, 0.15) is 40.6 Å². The molecule has 1 fully saturated rings. The van der Waals surface area contributed by atoms with Crippen LogP contribution in [-0.2, 0) is 6.54 Å². The van der Waals surface area contributed by atoms with Gasteiger partial charge < -0.3 is 16.0 Å². The lowest BCUT2D eigenvalue weighted by Gasteiger charge is -2.31. The maximum Gasteiger partial charge on any atom is 0.289 e. The summed E-state index contributed by atoms with van der Waals surface area (Å²) in [5, 5.41) is 3.95. The van der Waals surface area contributed by atoms with Gasteiger partial charge in [-0.3, -0.25) is 9.69 Å². The quantitative estimate of drug-likeness (QED) is 0.896. The molecule has 0 radical (unpaired) electrons. The van der Waals surface area contributed by atoms with Crippen LogP contribution in [0.5, 0.6) is 0 Å². The number of nitrogens with two attached hydrogens (primary N) is 2. The van der Waals surface area contributed by atoms with Crippen molar-refractivity contribution in [3.63, 3.8) is 0 Å². The van der Waals surface area contributed by atoms with E-state index < -0.39 is 5.91 Å². The number of likely N-dealkylation sites (tertiary alicyclic amines) is 1. The van der Waals surface area contributed by atoms with Gasteiger partial charge in [0.05, 0.1) is 0 Å². The summed E-state index contributed by atoms with van der Waals surface area (Å²) in [6, 6.07) is 10.4. The van der Waals surface area contributed by atoms with Gasteiger partial charge in [-0.2, -0.15) is 0 Å². The van der Waals surface area contributed by atoms with Crippen molar-refractivity contribution in [3.05, 3.63) is 47.3 Å². The number of carbonyl (C=O) groups is 1. The van der Waals surface area contributed by atoms with Crippen molar-refractivity contribution in [2.45, 2.75) is 25.3 Å². The normalized spacial score (nSPS) is 16.7. The highest BCUT2D eigenvalue weighted by atomic mass is 16.5. The third kappa shape index (κ3) is 2.96. The number of piperidine rings is 1. The van der Waals surface area contributed by atoms with Crippen molar-refractivity contribution in [1.29, 1.82) is 0 Å². The molecule has 6 heteroatoms. The van der Waals surface area contributed by atoms with Gasteiger partial charge in [-0.1, -0.05) is 35.5 Å². The zero-order chi connectivity index (χ0) is 15.5. The number of carbonyl (C=O) groups excluding carboxylic acids is 1. The first kappa shape index (κ1) is 14.6. The number of primary amides is 1. The minimum atomic E-state index is -0.669. The molecule has 4 N–H and O–H groups in total. The molecule has 2 aromatic rings. The van der Waals surface area contributed by atoms with Gasteiger partial charge in [-0.05, 0) is 31.5 Å². The molecule has 1 aliphatic rings. The Bertz CT molecular complexity index is 645. The Morgan fingerprint density at radius 3 is 2.55 bits per heavy atom. The standard InChI is InChI=1S/C16H20N4O2/c17-13-14(19-22-15(13)16(18)21)12-6-8-20(9-7-12)10-11-4-2-1-3-5-11/h1-5,12H,6-10,17H2,(H2,18,21). The lowest BCUT2D eigenvalue weighted by molar-refractivity contribution is 0.0966. The van der Waals surface area contributed by atoms with Crippen molar-refractivity contribution >= 4 is 11.6 Å². The van der Waals surface area contributed by atoms with Gasteiger partial charge in [-0.15, -0.1) is 0 Å². The maximum absolute atomic E-state index is 11.2. The molecule has 0 unspecified atom stereocenters. The van der Waals surface area contributed by atoms with Gasteiger partial charge in [0.15, 0.2) is 0 Å². The van der Waals surface area contributed by atoms with Crippen molar-refractivity contribution in [3.8, 4) is 0 Å². The molecule has 3 rings (SSSR count). The molecule has 1 aliphatic heterocycles. The van der Waals surface area contributed by atoms with E-state index in [0.29, 0.717) is 11.4 Å². The van der Waals surface area contributed by atoms with Crippen molar-refractivity contribution in [2.24, 2.45) is 5.73 Å². The van der Waals surface area contributed by atoms with E-state index in [2.05, 4.69) is 34.3 Å². The van der Waals surface area contributed by atoms with E-state index in [-0.39, 0.29) is 11.7 Å². The zero-order valence-electron chi connectivity index (χ0n) is 12.4. The Labute approximate surface area is 129 Å². The van der Waals surface area contributed by atoms with Gasteiger partial charge in [0.25, 0.3) is 5.91 Å². The number of hydrogen-bond donors (Lipinski definition) is 2. The van der Waals surface area contributed by atoms with E-state index >= 15 is 0 Å². The van der Waals surface area contributed by atoms with Crippen molar-refractivity contribution in [1.82, 2.24) is 10.1 Å². The number of amides is 1. The van der Waals surface area contributed by atoms with Crippen LogP contribution in [0, 0.1) is 0 Å². The highest BCUT2D eigenvalue weighted by molar-refractivity contribution is 5.95. The molecule has 0 aliphatic carbocycles. The monoisotopic (exact) mass is 300 g/mol. The molecule has 116 valence electrons. The lowest BCUT2D eigenvalue weighted by atomic mass is 9.92. The van der Waals surface area contributed by atoms with Crippen molar-refractivity contribution in [2.75, 3.05) is 18.8 Å². The summed E-state index contributed by atoms with van der Waals surface area (Å²) in [6.07, 6.45) is 1.89.